The molecule has 2 fully saturated rings. The van der Waals surface area contributed by atoms with Crippen molar-refractivity contribution in [3.05, 3.63) is 0 Å². The second-order valence-electron chi connectivity index (χ2n) is 4.31. The van der Waals surface area contributed by atoms with Crippen molar-refractivity contribution in [2.75, 3.05) is 13.6 Å². The lowest BCUT2D eigenvalue weighted by Crippen LogP contribution is -2.34. The van der Waals surface area contributed by atoms with Gasteiger partial charge in [-0.15, -0.1) is 6.42 Å². The molecule has 13 heavy (non-hydrogen) atoms. The summed E-state index contributed by atoms with van der Waals surface area (Å²) in [5.74, 6) is 3.48. The van der Waals surface area contributed by atoms with Crippen molar-refractivity contribution in [3.8, 4) is 12.3 Å². The van der Waals surface area contributed by atoms with E-state index in [1.807, 2.05) is 7.05 Å². The number of carbonyl (C=O) groups excluding carboxylic acids is 1. The van der Waals surface area contributed by atoms with Gasteiger partial charge in [0.2, 0.25) is 5.91 Å². The van der Waals surface area contributed by atoms with E-state index in [-0.39, 0.29) is 11.3 Å². The lowest BCUT2D eigenvalue weighted by atomic mass is 10.0. The third-order valence-corrected chi connectivity index (χ3v) is 3.51. The molecule has 2 aliphatic carbocycles. The van der Waals surface area contributed by atoms with Crippen LogP contribution in [0.5, 0.6) is 0 Å². The highest BCUT2D eigenvalue weighted by atomic mass is 16.2. The Bertz CT molecular complexity index is 278. The summed E-state index contributed by atoms with van der Waals surface area (Å²) in [5.41, 5.74) is 0.0333. The molecule has 0 N–H and O–H groups in total. The van der Waals surface area contributed by atoms with Crippen molar-refractivity contribution < 1.29 is 4.79 Å². The molecule has 0 aromatic carbocycles. The number of rotatable bonds is 2. The smallest absolute Gasteiger partial charge is 0.229 e. The predicted octanol–water partition coefficient (Wildman–Crippen LogP) is 1.27. The second-order valence-corrected chi connectivity index (χ2v) is 4.31. The molecule has 70 valence electrons. The van der Waals surface area contributed by atoms with Crippen LogP contribution in [-0.2, 0) is 4.79 Å². The fourth-order valence-electron chi connectivity index (χ4n) is 2.69. The Morgan fingerprint density at radius 3 is 3.00 bits per heavy atom. The summed E-state index contributed by atoms with van der Waals surface area (Å²) in [4.78, 5) is 13.6. The summed E-state index contributed by atoms with van der Waals surface area (Å²) in [6, 6.07) is 0. The van der Waals surface area contributed by atoms with Gasteiger partial charge in [0.25, 0.3) is 0 Å². The SMILES string of the molecule is C#CCN(C)C(=O)C12CCCC1C2. The van der Waals surface area contributed by atoms with Crippen LogP contribution in [0.2, 0.25) is 0 Å². The van der Waals surface area contributed by atoms with Crippen molar-refractivity contribution in [1.29, 1.82) is 0 Å². The summed E-state index contributed by atoms with van der Waals surface area (Å²) in [6.07, 6.45) is 9.85. The van der Waals surface area contributed by atoms with Gasteiger partial charge in [0.15, 0.2) is 0 Å². The number of terminal acetylenes is 1. The highest BCUT2D eigenvalue weighted by Gasteiger charge is 2.62. The minimum absolute atomic E-state index is 0.0333. The van der Waals surface area contributed by atoms with Crippen LogP contribution in [0.4, 0.5) is 0 Å². The van der Waals surface area contributed by atoms with Gasteiger partial charge in [0, 0.05) is 7.05 Å². The molecular weight excluding hydrogens is 162 g/mol. The standard InChI is InChI=1S/C11H15NO/c1-3-7-12(2)10(13)11-6-4-5-9(11)8-11/h1,9H,4-8H2,2H3. The highest BCUT2D eigenvalue weighted by Crippen LogP contribution is 2.64. The van der Waals surface area contributed by atoms with Crippen LogP contribution in [-0.4, -0.2) is 24.4 Å². The van der Waals surface area contributed by atoms with Crippen LogP contribution < -0.4 is 0 Å². The molecule has 2 aliphatic rings. The van der Waals surface area contributed by atoms with Gasteiger partial charge in [-0.25, -0.2) is 0 Å². The highest BCUT2D eigenvalue weighted by molar-refractivity contribution is 5.86. The summed E-state index contributed by atoms with van der Waals surface area (Å²) < 4.78 is 0. The average Bonchev–Trinajstić information content (AvgIpc) is 2.69. The molecule has 0 bridgehead atoms. The van der Waals surface area contributed by atoms with Crippen LogP contribution in [0.25, 0.3) is 0 Å². The van der Waals surface area contributed by atoms with Gasteiger partial charge in [-0.2, -0.15) is 0 Å². The maximum Gasteiger partial charge on any atom is 0.229 e. The maximum absolute atomic E-state index is 11.9. The molecular formula is C11H15NO. The normalized spacial score (nSPS) is 34.9. The number of fused-ring (bicyclic) bond motifs is 1. The average molecular weight is 177 g/mol. The molecule has 0 spiro atoms. The molecule has 2 heteroatoms. The first-order valence-electron chi connectivity index (χ1n) is 4.90. The summed E-state index contributed by atoms with van der Waals surface area (Å²) in [7, 11) is 1.81. The Balaban J connectivity index is 2.02. The number of amides is 1. The van der Waals surface area contributed by atoms with Crippen LogP contribution >= 0.6 is 0 Å². The van der Waals surface area contributed by atoms with Gasteiger partial charge in [-0.1, -0.05) is 12.3 Å². The van der Waals surface area contributed by atoms with Crippen LogP contribution in [0, 0.1) is 23.7 Å². The monoisotopic (exact) mass is 177 g/mol. The lowest BCUT2D eigenvalue weighted by molar-refractivity contribution is -0.135. The lowest BCUT2D eigenvalue weighted by Gasteiger charge is -2.19. The molecule has 0 aromatic heterocycles. The summed E-state index contributed by atoms with van der Waals surface area (Å²) >= 11 is 0. The van der Waals surface area contributed by atoms with Gasteiger partial charge in [0.05, 0.1) is 12.0 Å². The Morgan fingerprint density at radius 1 is 1.77 bits per heavy atom. The minimum atomic E-state index is 0.0333. The van der Waals surface area contributed by atoms with E-state index in [9.17, 15) is 4.79 Å². The quantitative estimate of drug-likeness (QED) is 0.582. The molecule has 0 aromatic rings. The van der Waals surface area contributed by atoms with Gasteiger partial charge < -0.3 is 4.90 Å². The maximum atomic E-state index is 11.9. The molecule has 2 nitrogen and oxygen atoms in total. The van der Waals surface area contributed by atoms with Crippen molar-refractivity contribution in [2.24, 2.45) is 11.3 Å². The zero-order valence-corrected chi connectivity index (χ0v) is 8.05. The van der Waals surface area contributed by atoms with E-state index in [4.69, 9.17) is 6.42 Å². The van der Waals surface area contributed by atoms with Gasteiger partial charge in [-0.05, 0) is 25.2 Å². The van der Waals surface area contributed by atoms with Crippen molar-refractivity contribution >= 4 is 5.91 Å². The largest absolute Gasteiger partial charge is 0.334 e. The van der Waals surface area contributed by atoms with Crippen LogP contribution in [0.1, 0.15) is 25.7 Å². The van der Waals surface area contributed by atoms with E-state index < -0.39 is 0 Å². The third kappa shape index (κ3) is 1.14. The fourth-order valence-corrected chi connectivity index (χ4v) is 2.69. The molecule has 2 rings (SSSR count). The van der Waals surface area contributed by atoms with E-state index in [1.165, 1.54) is 12.8 Å². The molecule has 2 atom stereocenters. The topological polar surface area (TPSA) is 20.3 Å². The molecule has 0 heterocycles. The zero-order valence-electron chi connectivity index (χ0n) is 8.05. The van der Waals surface area contributed by atoms with E-state index in [0.29, 0.717) is 12.5 Å². The zero-order chi connectivity index (χ0) is 9.47. The molecule has 1 amide bonds. The van der Waals surface area contributed by atoms with Crippen molar-refractivity contribution in [3.63, 3.8) is 0 Å². The molecule has 0 saturated heterocycles. The number of carbonyl (C=O) groups is 1. The van der Waals surface area contributed by atoms with E-state index in [0.717, 1.165) is 12.8 Å². The Kier molecular flexibility index (Phi) is 1.83. The Hall–Kier alpha value is -0.970. The summed E-state index contributed by atoms with van der Waals surface area (Å²) in [5, 5.41) is 0. The first-order chi connectivity index (χ1) is 6.20. The van der Waals surface area contributed by atoms with Crippen molar-refractivity contribution in [2.45, 2.75) is 25.7 Å². The predicted molar refractivity (Wildman–Crippen MR) is 50.9 cm³/mol. The van der Waals surface area contributed by atoms with Gasteiger partial charge in [0.1, 0.15) is 0 Å². The second kappa shape index (κ2) is 2.77. The first-order valence-corrected chi connectivity index (χ1v) is 4.90. The summed E-state index contributed by atoms with van der Waals surface area (Å²) in [6.45, 7) is 0.452. The molecule has 2 saturated carbocycles. The fraction of sp³-hybridized carbons (Fsp3) is 0.727. The number of nitrogens with zero attached hydrogens (tertiary/aromatic N) is 1. The first kappa shape index (κ1) is 8.62. The van der Waals surface area contributed by atoms with Gasteiger partial charge >= 0.3 is 0 Å². The van der Waals surface area contributed by atoms with E-state index in [1.54, 1.807) is 4.90 Å². The Morgan fingerprint density at radius 2 is 2.54 bits per heavy atom. The minimum Gasteiger partial charge on any atom is -0.334 e. The number of hydrogen-bond donors (Lipinski definition) is 0. The van der Waals surface area contributed by atoms with Crippen LogP contribution in [0.3, 0.4) is 0 Å². The van der Waals surface area contributed by atoms with Crippen molar-refractivity contribution in [1.82, 2.24) is 4.90 Å². The Labute approximate surface area is 79.3 Å². The number of hydrogen-bond acceptors (Lipinski definition) is 1. The van der Waals surface area contributed by atoms with E-state index >= 15 is 0 Å². The third-order valence-electron chi connectivity index (χ3n) is 3.51. The van der Waals surface area contributed by atoms with E-state index in [2.05, 4.69) is 5.92 Å². The van der Waals surface area contributed by atoms with Gasteiger partial charge in [-0.3, -0.25) is 4.79 Å². The molecule has 0 radical (unpaired) electrons. The molecule has 2 unspecified atom stereocenters. The molecule has 0 aliphatic heterocycles. The van der Waals surface area contributed by atoms with Crippen LogP contribution in [0.15, 0.2) is 0 Å².